The zero-order valence-corrected chi connectivity index (χ0v) is 10.1. The maximum atomic E-state index is 11.6. The van der Waals surface area contributed by atoms with E-state index in [0.29, 0.717) is 13.2 Å². The Morgan fingerprint density at radius 1 is 1.60 bits per heavy atom. The summed E-state index contributed by atoms with van der Waals surface area (Å²) < 4.78 is 5.20. The first kappa shape index (κ1) is 14.7. The van der Waals surface area contributed by atoms with E-state index in [1.165, 1.54) is 0 Å². The molecule has 0 spiro atoms. The maximum absolute atomic E-state index is 11.6. The van der Waals surface area contributed by atoms with Crippen LogP contribution in [0.4, 0.5) is 0 Å². The van der Waals surface area contributed by atoms with Crippen LogP contribution in [0.25, 0.3) is 0 Å². The Balaban J connectivity index is 0.00000196. The number of nitrogens with zero attached hydrogens (tertiary/aromatic N) is 1. The number of halogens is 1. The van der Waals surface area contributed by atoms with Gasteiger partial charge < -0.3 is 15.4 Å². The molecule has 90 valence electrons. The Labute approximate surface area is 97.5 Å². The van der Waals surface area contributed by atoms with E-state index < -0.39 is 0 Å². The maximum Gasteiger partial charge on any atom is 0.248 e. The molecule has 1 fully saturated rings. The fourth-order valence-electron chi connectivity index (χ4n) is 1.63. The van der Waals surface area contributed by atoms with Crippen molar-refractivity contribution in [1.82, 2.24) is 4.90 Å². The average molecular weight is 237 g/mol. The largest absolute Gasteiger partial charge is 0.372 e. The van der Waals surface area contributed by atoms with Crippen LogP contribution in [0.1, 0.15) is 26.2 Å². The minimum atomic E-state index is 0. The predicted molar refractivity (Wildman–Crippen MR) is 62.1 cm³/mol. The van der Waals surface area contributed by atoms with Crippen molar-refractivity contribution in [3.63, 3.8) is 0 Å². The van der Waals surface area contributed by atoms with Crippen molar-refractivity contribution in [2.75, 3.05) is 26.3 Å². The van der Waals surface area contributed by atoms with Crippen LogP contribution >= 0.6 is 12.4 Å². The fourth-order valence-corrected chi connectivity index (χ4v) is 1.63. The number of nitrogens with two attached hydrogens (primary N) is 1. The first-order valence-corrected chi connectivity index (χ1v) is 5.35. The Hall–Kier alpha value is -0.320. The molecule has 5 heteroatoms. The summed E-state index contributed by atoms with van der Waals surface area (Å²) in [7, 11) is 0. The van der Waals surface area contributed by atoms with E-state index in [1.54, 1.807) is 0 Å². The highest BCUT2D eigenvalue weighted by atomic mass is 35.5. The summed E-state index contributed by atoms with van der Waals surface area (Å²) in [6, 6.07) is 0.152. The molecule has 0 aliphatic carbocycles. The van der Waals surface area contributed by atoms with E-state index >= 15 is 0 Å². The Morgan fingerprint density at radius 3 is 2.93 bits per heavy atom. The lowest BCUT2D eigenvalue weighted by Crippen LogP contribution is -2.46. The number of hydrogen-bond acceptors (Lipinski definition) is 3. The van der Waals surface area contributed by atoms with E-state index in [2.05, 4.69) is 0 Å². The molecule has 1 atom stereocenters. The molecule has 1 rings (SSSR count). The molecule has 0 aromatic carbocycles. The standard InChI is InChI=1S/C10H20N2O2.ClH/c1-2-6-14-8-10(13)12-5-3-4-9(11)7-12;/h9H,2-8,11H2,1H3;1H/t9-;/m1./s1. The van der Waals surface area contributed by atoms with E-state index in [0.717, 1.165) is 25.8 Å². The topological polar surface area (TPSA) is 55.6 Å². The van der Waals surface area contributed by atoms with Crippen molar-refractivity contribution in [2.45, 2.75) is 32.2 Å². The van der Waals surface area contributed by atoms with Gasteiger partial charge in [-0.05, 0) is 19.3 Å². The molecule has 4 nitrogen and oxygen atoms in total. The number of ether oxygens (including phenoxy) is 1. The lowest BCUT2D eigenvalue weighted by atomic mass is 10.1. The van der Waals surface area contributed by atoms with Gasteiger partial charge >= 0.3 is 0 Å². The molecule has 1 aliphatic heterocycles. The molecule has 2 N–H and O–H groups in total. The van der Waals surface area contributed by atoms with Gasteiger partial charge in [-0.25, -0.2) is 0 Å². The van der Waals surface area contributed by atoms with Crippen LogP contribution in [-0.2, 0) is 9.53 Å². The Morgan fingerprint density at radius 2 is 2.33 bits per heavy atom. The third-order valence-corrected chi connectivity index (χ3v) is 2.38. The zero-order chi connectivity index (χ0) is 10.4. The summed E-state index contributed by atoms with van der Waals surface area (Å²) in [5.74, 6) is 0.0774. The van der Waals surface area contributed by atoms with Crippen LogP contribution in [0.15, 0.2) is 0 Å². The molecule has 15 heavy (non-hydrogen) atoms. The summed E-state index contributed by atoms with van der Waals surface area (Å²) in [4.78, 5) is 13.4. The highest BCUT2D eigenvalue weighted by Crippen LogP contribution is 2.08. The lowest BCUT2D eigenvalue weighted by molar-refractivity contribution is -0.137. The summed E-state index contributed by atoms with van der Waals surface area (Å²) in [5.41, 5.74) is 5.78. The first-order valence-electron chi connectivity index (χ1n) is 5.35. The molecule has 0 saturated carbocycles. The highest BCUT2D eigenvalue weighted by molar-refractivity contribution is 5.85. The van der Waals surface area contributed by atoms with Crippen LogP contribution in [0.5, 0.6) is 0 Å². The van der Waals surface area contributed by atoms with Crippen LogP contribution in [0.2, 0.25) is 0 Å². The number of hydrogen-bond donors (Lipinski definition) is 1. The monoisotopic (exact) mass is 236 g/mol. The van der Waals surface area contributed by atoms with Gasteiger partial charge in [-0.15, -0.1) is 12.4 Å². The fraction of sp³-hybridized carbons (Fsp3) is 0.900. The normalized spacial score (nSPS) is 20.9. The molecule has 1 aliphatic rings. The van der Waals surface area contributed by atoms with Crippen molar-refractivity contribution in [1.29, 1.82) is 0 Å². The summed E-state index contributed by atoms with van der Waals surface area (Å²) in [6.07, 6.45) is 2.99. The summed E-state index contributed by atoms with van der Waals surface area (Å²) in [6.45, 7) is 4.42. The zero-order valence-electron chi connectivity index (χ0n) is 9.28. The lowest BCUT2D eigenvalue weighted by Gasteiger charge is -2.30. The number of likely N-dealkylation sites (tertiary alicyclic amines) is 1. The smallest absolute Gasteiger partial charge is 0.248 e. The van der Waals surface area contributed by atoms with E-state index in [4.69, 9.17) is 10.5 Å². The summed E-state index contributed by atoms with van der Waals surface area (Å²) >= 11 is 0. The number of rotatable bonds is 4. The molecule has 0 unspecified atom stereocenters. The Bertz CT molecular complexity index is 190. The van der Waals surface area contributed by atoms with E-state index in [1.807, 2.05) is 11.8 Å². The molecule has 0 bridgehead atoms. The second-order valence-corrected chi connectivity index (χ2v) is 3.79. The first-order chi connectivity index (χ1) is 6.74. The number of carbonyl (C=O) groups is 1. The molecular weight excluding hydrogens is 216 g/mol. The van der Waals surface area contributed by atoms with Crippen LogP contribution < -0.4 is 5.73 Å². The van der Waals surface area contributed by atoms with Gasteiger partial charge in [0.05, 0.1) is 0 Å². The molecule has 1 saturated heterocycles. The van der Waals surface area contributed by atoms with Gasteiger partial charge in [0.25, 0.3) is 0 Å². The van der Waals surface area contributed by atoms with Gasteiger partial charge in [-0.3, -0.25) is 4.79 Å². The second kappa shape index (κ2) is 7.91. The van der Waals surface area contributed by atoms with Gasteiger partial charge in [0.1, 0.15) is 6.61 Å². The Kier molecular flexibility index (Phi) is 7.74. The van der Waals surface area contributed by atoms with Gasteiger partial charge in [0, 0.05) is 25.7 Å². The van der Waals surface area contributed by atoms with Crippen molar-refractivity contribution in [3.8, 4) is 0 Å². The van der Waals surface area contributed by atoms with Crippen molar-refractivity contribution in [3.05, 3.63) is 0 Å². The number of amides is 1. The quantitative estimate of drug-likeness (QED) is 0.735. The van der Waals surface area contributed by atoms with Crippen LogP contribution in [0.3, 0.4) is 0 Å². The summed E-state index contributed by atoms with van der Waals surface area (Å²) in [5, 5.41) is 0. The predicted octanol–water partition coefficient (Wildman–Crippen LogP) is 0.784. The average Bonchev–Trinajstić information content (AvgIpc) is 2.18. The van der Waals surface area contributed by atoms with Gasteiger partial charge in [0.15, 0.2) is 0 Å². The number of carbonyl (C=O) groups excluding carboxylic acids is 1. The molecule has 1 amide bonds. The van der Waals surface area contributed by atoms with Gasteiger partial charge in [0.2, 0.25) is 5.91 Å². The number of piperidine rings is 1. The third kappa shape index (κ3) is 5.35. The van der Waals surface area contributed by atoms with E-state index in [-0.39, 0.29) is 31.0 Å². The minimum absolute atomic E-state index is 0. The van der Waals surface area contributed by atoms with Crippen LogP contribution in [-0.4, -0.2) is 43.2 Å². The van der Waals surface area contributed by atoms with Crippen molar-refractivity contribution in [2.24, 2.45) is 5.73 Å². The van der Waals surface area contributed by atoms with Crippen LogP contribution in [0, 0.1) is 0 Å². The minimum Gasteiger partial charge on any atom is -0.372 e. The van der Waals surface area contributed by atoms with E-state index in [9.17, 15) is 4.79 Å². The molecule has 0 aromatic heterocycles. The molecule has 0 radical (unpaired) electrons. The van der Waals surface area contributed by atoms with Crippen molar-refractivity contribution >= 4 is 18.3 Å². The molecule has 0 aromatic rings. The molecule has 1 heterocycles. The molecular formula is C10H21ClN2O2. The van der Waals surface area contributed by atoms with Gasteiger partial charge in [-0.2, -0.15) is 0 Å². The SMILES string of the molecule is CCCOCC(=O)N1CCC[C@@H](N)C1.Cl. The van der Waals surface area contributed by atoms with Gasteiger partial charge in [-0.1, -0.05) is 6.92 Å². The third-order valence-electron chi connectivity index (χ3n) is 2.38. The highest BCUT2D eigenvalue weighted by Gasteiger charge is 2.20. The van der Waals surface area contributed by atoms with Crippen molar-refractivity contribution < 1.29 is 9.53 Å². The second-order valence-electron chi connectivity index (χ2n) is 3.79.